The van der Waals surface area contributed by atoms with Gasteiger partial charge in [0.2, 0.25) is 0 Å². The van der Waals surface area contributed by atoms with E-state index >= 15 is 0 Å². The molecule has 0 radical (unpaired) electrons. The molecule has 0 saturated carbocycles. The summed E-state index contributed by atoms with van der Waals surface area (Å²) in [5, 5.41) is 11.3. The lowest BCUT2D eigenvalue weighted by Gasteiger charge is -2.26. The number of halogens is 1. The van der Waals surface area contributed by atoms with E-state index in [1.165, 1.54) is 38.4 Å². The molecule has 0 aromatic heterocycles. The number of amides is 1. The van der Waals surface area contributed by atoms with Crippen LogP contribution in [-0.2, 0) is 16.0 Å². The van der Waals surface area contributed by atoms with Gasteiger partial charge in [0.1, 0.15) is 17.3 Å². The van der Waals surface area contributed by atoms with Crippen molar-refractivity contribution in [1.82, 2.24) is 4.90 Å². The second-order valence-electron chi connectivity index (χ2n) is 8.18. The first-order valence-corrected chi connectivity index (χ1v) is 11.3. The van der Waals surface area contributed by atoms with Crippen molar-refractivity contribution in [2.24, 2.45) is 0 Å². The number of Topliss-reactive ketones (excluding diaryl/α,β-unsaturated/α-hetero) is 1. The molecule has 1 aliphatic heterocycles. The fourth-order valence-electron chi connectivity index (χ4n) is 4.37. The Morgan fingerprint density at radius 2 is 1.56 bits per heavy atom. The predicted molar refractivity (Wildman–Crippen MR) is 132 cm³/mol. The van der Waals surface area contributed by atoms with E-state index in [0.29, 0.717) is 34.8 Å². The molecule has 0 aliphatic carbocycles. The minimum atomic E-state index is -0.893. The zero-order valence-corrected chi connectivity index (χ0v) is 20.2. The van der Waals surface area contributed by atoms with E-state index in [1.807, 2.05) is 0 Å². The molecule has 1 saturated heterocycles. The first-order valence-electron chi connectivity index (χ1n) is 11.3. The number of ketones is 1. The number of rotatable bonds is 8. The van der Waals surface area contributed by atoms with Crippen LogP contribution >= 0.6 is 0 Å². The highest BCUT2D eigenvalue weighted by Crippen LogP contribution is 2.43. The van der Waals surface area contributed by atoms with Gasteiger partial charge in [-0.1, -0.05) is 30.3 Å². The Morgan fingerprint density at radius 1 is 0.889 bits per heavy atom. The SMILES string of the molecule is COc1ccc(C2/C(=C(/O)c3ccccc3OC)C(=O)C(=O)N2CCc2ccc(F)cc2)cc1OC. The maximum Gasteiger partial charge on any atom is 0.295 e. The number of methoxy groups -OCH3 is 3. The van der Waals surface area contributed by atoms with Crippen molar-refractivity contribution in [1.29, 1.82) is 0 Å². The summed E-state index contributed by atoms with van der Waals surface area (Å²) in [7, 11) is 4.45. The van der Waals surface area contributed by atoms with Gasteiger partial charge >= 0.3 is 0 Å². The van der Waals surface area contributed by atoms with Gasteiger partial charge in [0.25, 0.3) is 11.7 Å². The van der Waals surface area contributed by atoms with Gasteiger partial charge in [0.15, 0.2) is 11.5 Å². The van der Waals surface area contributed by atoms with E-state index in [0.717, 1.165) is 5.56 Å². The number of nitrogens with zero attached hydrogens (tertiary/aromatic N) is 1. The van der Waals surface area contributed by atoms with Crippen LogP contribution in [0.5, 0.6) is 17.2 Å². The van der Waals surface area contributed by atoms with Crippen molar-refractivity contribution in [3.63, 3.8) is 0 Å². The monoisotopic (exact) mass is 491 g/mol. The summed E-state index contributed by atoms with van der Waals surface area (Å²) < 4.78 is 29.5. The summed E-state index contributed by atoms with van der Waals surface area (Å²) in [4.78, 5) is 27.9. The highest BCUT2D eigenvalue weighted by atomic mass is 19.1. The zero-order valence-electron chi connectivity index (χ0n) is 20.2. The third-order valence-electron chi connectivity index (χ3n) is 6.18. The van der Waals surface area contributed by atoms with Gasteiger partial charge in [-0.3, -0.25) is 9.59 Å². The van der Waals surface area contributed by atoms with Gasteiger partial charge in [0.05, 0.1) is 38.5 Å². The second-order valence-corrected chi connectivity index (χ2v) is 8.18. The van der Waals surface area contributed by atoms with Gasteiger partial charge in [-0.05, 0) is 53.9 Å². The molecule has 3 aromatic carbocycles. The van der Waals surface area contributed by atoms with Crippen LogP contribution in [0.2, 0.25) is 0 Å². The Balaban J connectivity index is 1.84. The summed E-state index contributed by atoms with van der Waals surface area (Å²) >= 11 is 0. The molecule has 8 heteroatoms. The average Bonchev–Trinajstić information content (AvgIpc) is 3.16. The molecule has 1 atom stereocenters. The number of carbonyl (C=O) groups is 2. The van der Waals surface area contributed by atoms with E-state index in [9.17, 15) is 19.1 Å². The highest BCUT2D eigenvalue weighted by Gasteiger charge is 2.46. The number of carbonyl (C=O) groups excluding carboxylic acids is 2. The highest BCUT2D eigenvalue weighted by molar-refractivity contribution is 6.46. The summed E-state index contributed by atoms with van der Waals surface area (Å²) in [5.74, 6) is -0.994. The lowest BCUT2D eigenvalue weighted by atomic mass is 9.94. The largest absolute Gasteiger partial charge is 0.507 e. The molecule has 1 N–H and O–H groups in total. The molecular formula is C28H26FNO6. The van der Waals surface area contributed by atoms with Crippen LogP contribution in [-0.4, -0.2) is 49.6 Å². The molecule has 3 aromatic rings. The second kappa shape index (κ2) is 10.5. The zero-order chi connectivity index (χ0) is 25.8. The molecule has 1 amide bonds. The van der Waals surface area contributed by atoms with Gasteiger partial charge < -0.3 is 24.2 Å². The van der Waals surface area contributed by atoms with E-state index in [-0.39, 0.29) is 23.7 Å². The first-order chi connectivity index (χ1) is 17.4. The number of ether oxygens (including phenoxy) is 3. The molecule has 1 unspecified atom stereocenters. The van der Waals surface area contributed by atoms with Gasteiger partial charge in [0, 0.05) is 6.54 Å². The van der Waals surface area contributed by atoms with E-state index in [4.69, 9.17) is 14.2 Å². The number of para-hydroxylation sites is 1. The van der Waals surface area contributed by atoms with Gasteiger partial charge in [-0.25, -0.2) is 4.39 Å². The molecule has 0 spiro atoms. The van der Waals surface area contributed by atoms with Crippen LogP contribution in [0.15, 0.2) is 72.3 Å². The Labute approximate surface area is 208 Å². The van der Waals surface area contributed by atoms with Crippen molar-refractivity contribution < 1.29 is 33.3 Å². The van der Waals surface area contributed by atoms with E-state index in [1.54, 1.807) is 54.6 Å². The Hall–Kier alpha value is -4.33. The molecule has 4 rings (SSSR count). The number of aliphatic hydroxyl groups excluding tert-OH is 1. The fourth-order valence-corrected chi connectivity index (χ4v) is 4.37. The summed E-state index contributed by atoms with van der Waals surface area (Å²) in [6.07, 6.45) is 0.381. The Bertz CT molecular complexity index is 1320. The molecular weight excluding hydrogens is 465 g/mol. The number of benzene rings is 3. The smallest absolute Gasteiger partial charge is 0.295 e. The standard InChI is InChI=1S/C28H26FNO6/c1-34-21-7-5-4-6-20(21)26(31)24-25(18-10-13-22(35-2)23(16-18)36-3)30(28(33)27(24)32)15-14-17-8-11-19(29)12-9-17/h4-13,16,25,31H,14-15H2,1-3H3/b26-24-. The summed E-state index contributed by atoms with van der Waals surface area (Å²) in [6, 6.07) is 16.8. The lowest BCUT2D eigenvalue weighted by Crippen LogP contribution is -2.31. The molecule has 0 bridgehead atoms. The van der Waals surface area contributed by atoms with E-state index < -0.39 is 17.7 Å². The molecule has 1 aliphatic rings. The number of aliphatic hydroxyl groups is 1. The number of hydrogen-bond acceptors (Lipinski definition) is 6. The van der Waals surface area contributed by atoms with Crippen LogP contribution in [0.3, 0.4) is 0 Å². The summed E-state index contributed by atoms with van der Waals surface area (Å²) in [6.45, 7) is 0.165. The van der Waals surface area contributed by atoms with Crippen LogP contribution in [0.1, 0.15) is 22.7 Å². The van der Waals surface area contributed by atoms with Crippen molar-refractivity contribution in [2.75, 3.05) is 27.9 Å². The summed E-state index contributed by atoms with van der Waals surface area (Å²) in [5.41, 5.74) is 1.59. The van der Waals surface area contributed by atoms with E-state index in [2.05, 4.69) is 0 Å². The van der Waals surface area contributed by atoms with Crippen molar-refractivity contribution in [3.05, 3.63) is 94.8 Å². The van der Waals surface area contributed by atoms with Crippen LogP contribution in [0.4, 0.5) is 4.39 Å². The third kappa shape index (κ3) is 4.62. The number of hydrogen-bond donors (Lipinski definition) is 1. The molecule has 1 heterocycles. The van der Waals surface area contributed by atoms with Crippen LogP contribution < -0.4 is 14.2 Å². The van der Waals surface area contributed by atoms with Gasteiger partial charge in [-0.15, -0.1) is 0 Å². The Kier molecular flexibility index (Phi) is 7.24. The molecule has 1 fully saturated rings. The fraction of sp³-hybridized carbons (Fsp3) is 0.214. The maximum absolute atomic E-state index is 13.3. The molecule has 186 valence electrons. The van der Waals surface area contributed by atoms with Crippen LogP contribution in [0.25, 0.3) is 5.76 Å². The minimum Gasteiger partial charge on any atom is -0.507 e. The third-order valence-corrected chi connectivity index (χ3v) is 6.18. The van der Waals surface area contributed by atoms with Crippen molar-refractivity contribution in [3.8, 4) is 17.2 Å². The van der Waals surface area contributed by atoms with Crippen molar-refractivity contribution >= 4 is 17.4 Å². The maximum atomic E-state index is 13.3. The quantitative estimate of drug-likeness (QED) is 0.283. The first kappa shape index (κ1) is 24.8. The lowest BCUT2D eigenvalue weighted by molar-refractivity contribution is -0.139. The average molecular weight is 492 g/mol. The molecule has 36 heavy (non-hydrogen) atoms. The normalized spacial score (nSPS) is 16.8. The molecule has 7 nitrogen and oxygen atoms in total. The van der Waals surface area contributed by atoms with Crippen LogP contribution in [0, 0.1) is 5.82 Å². The number of likely N-dealkylation sites (tertiary alicyclic amines) is 1. The Morgan fingerprint density at radius 3 is 2.22 bits per heavy atom. The predicted octanol–water partition coefficient (Wildman–Crippen LogP) is 4.52. The minimum absolute atomic E-state index is 0.0594. The van der Waals surface area contributed by atoms with Crippen molar-refractivity contribution in [2.45, 2.75) is 12.5 Å². The topological polar surface area (TPSA) is 85.3 Å². The van der Waals surface area contributed by atoms with Gasteiger partial charge in [-0.2, -0.15) is 0 Å².